The second kappa shape index (κ2) is 7.07. The van der Waals surface area contributed by atoms with Gasteiger partial charge in [0.25, 0.3) is 5.91 Å². The van der Waals surface area contributed by atoms with Crippen LogP contribution in [0, 0.1) is 5.41 Å². The van der Waals surface area contributed by atoms with Crippen molar-refractivity contribution in [3.8, 4) is 11.8 Å². The molecule has 24 heavy (non-hydrogen) atoms. The highest BCUT2D eigenvalue weighted by Crippen LogP contribution is 2.22. The van der Waals surface area contributed by atoms with Crippen LogP contribution in [0.4, 0.5) is 0 Å². The lowest BCUT2D eigenvalue weighted by Gasteiger charge is -2.26. The summed E-state index contributed by atoms with van der Waals surface area (Å²) in [6, 6.07) is 2.99. The molecule has 1 atom stereocenters. The normalized spacial score (nSPS) is 17.8. The van der Waals surface area contributed by atoms with Crippen molar-refractivity contribution in [2.75, 3.05) is 27.3 Å². The molecule has 2 rings (SSSR count). The standard InChI is InChI=1S/C17H25N3O4/c1-17(2,3)10-20-9-11(8-14(20)21)18-15(22)12-6-7-13(23-4)19-16(12)24-5/h6-7,11H,8-10H2,1-5H3,(H,18,22). The van der Waals surface area contributed by atoms with Crippen LogP contribution in [-0.2, 0) is 4.79 Å². The summed E-state index contributed by atoms with van der Waals surface area (Å²) in [5.74, 6) is 0.325. The lowest BCUT2D eigenvalue weighted by molar-refractivity contribution is -0.128. The van der Waals surface area contributed by atoms with Gasteiger partial charge in [0.2, 0.25) is 17.7 Å². The van der Waals surface area contributed by atoms with Gasteiger partial charge in [-0.1, -0.05) is 20.8 Å². The Morgan fingerprint density at radius 3 is 2.62 bits per heavy atom. The first-order chi connectivity index (χ1) is 11.2. The van der Waals surface area contributed by atoms with Crippen LogP contribution in [0.15, 0.2) is 12.1 Å². The second-order valence-corrected chi connectivity index (χ2v) is 7.12. The van der Waals surface area contributed by atoms with Gasteiger partial charge in [0.1, 0.15) is 5.56 Å². The smallest absolute Gasteiger partial charge is 0.257 e. The van der Waals surface area contributed by atoms with Crippen molar-refractivity contribution in [3.63, 3.8) is 0 Å². The molecule has 0 spiro atoms. The van der Waals surface area contributed by atoms with E-state index in [4.69, 9.17) is 9.47 Å². The van der Waals surface area contributed by atoms with Crippen LogP contribution in [0.25, 0.3) is 0 Å². The summed E-state index contributed by atoms with van der Waals surface area (Å²) >= 11 is 0. The predicted molar refractivity (Wildman–Crippen MR) is 89.2 cm³/mol. The van der Waals surface area contributed by atoms with E-state index in [1.54, 1.807) is 17.0 Å². The maximum atomic E-state index is 12.5. The van der Waals surface area contributed by atoms with E-state index in [0.717, 1.165) is 0 Å². The molecule has 0 saturated carbocycles. The number of carbonyl (C=O) groups is 2. The molecule has 132 valence electrons. The lowest BCUT2D eigenvalue weighted by Crippen LogP contribution is -2.39. The molecule has 2 heterocycles. The Labute approximate surface area is 142 Å². The van der Waals surface area contributed by atoms with Crippen molar-refractivity contribution < 1.29 is 19.1 Å². The summed E-state index contributed by atoms with van der Waals surface area (Å²) in [5.41, 5.74) is 0.345. The number of hydrogen-bond acceptors (Lipinski definition) is 5. The van der Waals surface area contributed by atoms with E-state index in [0.29, 0.717) is 31.0 Å². The number of hydrogen-bond donors (Lipinski definition) is 1. The zero-order valence-corrected chi connectivity index (χ0v) is 14.9. The molecule has 7 nitrogen and oxygen atoms in total. The van der Waals surface area contributed by atoms with Crippen LogP contribution in [0.5, 0.6) is 11.8 Å². The Kier molecular flexibility index (Phi) is 5.31. The Hall–Kier alpha value is -2.31. The summed E-state index contributed by atoms with van der Waals surface area (Å²) in [6.45, 7) is 7.44. The maximum absolute atomic E-state index is 12.5. The number of pyridine rings is 1. The Bertz CT molecular complexity index is 625. The Morgan fingerprint density at radius 2 is 2.04 bits per heavy atom. The minimum Gasteiger partial charge on any atom is -0.481 e. The van der Waals surface area contributed by atoms with Gasteiger partial charge in [0.05, 0.1) is 20.3 Å². The first-order valence-electron chi connectivity index (χ1n) is 7.91. The highest BCUT2D eigenvalue weighted by Gasteiger charge is 2.33. The molecule has 1 unspecified atom stereocenters. The quantitative estimate of drug-likeness (QED) is 0.881. The van der Waals surface area contributed by atoms with Gasteiger partial charge < -0.3 is 19.7 Å². The van der Waals surface area contributed by atoms with Crippen LogP contribution in [-0.4, -0.2) is 55.0 Å². The molecule has 0 radical (unpaired) electrons. The number of likely N-dealkylation sites (tertiary alicyclic amines) is 1. The molecule has 0 aromatic carbocycles. The van der Waals surface area contributed by atoms with Gasteiger partial charge >= 0.3 is 0 Å². The molecule has 1 fully saturated rings. The van der Waals surface area contributed by atoms with E-state index in [9.17, 15) is 9.59 Å². The first-order valence-corrected chi connectivity index (χ1v) is 7.91. The molecule has 1 N–H and O–H groups in total. The Morgan fingerprint density at radius 1 is 1.33 bits per heavy atom. The predicted octanol–water partition coefficient (Wildman–Crippen LogP) is 1.48. The summed E-state index contributed by atoms with van der Waals surface area (Å²) in [5, 5.41) is 2.89. The van der Waals surface area contributed by atoms with E-state index in [-0.39, 0.29) is 29.2 Å². The zero-order valence-electron chi connectivity index (χ0n) is 14.9. The van der Waals surface area contributed by atoms with E-state index in [1.807, 2.05) is 0 Å². The molecule has 7 heteroatoms. The highest BCUT2D eigenvalue weighted by atomic mass is 16.5. The van der Waals surface area contributed by atoms with Crippen molar-refractivity contribution in [2.45, 2.75) is 33.2 Å². The van der Waals surface area contributed by atoms with Crippen molar-refractivity contribution in [3.05, 3.63) is 17.7 Å². The van der Waals surface area contributed by atoms with Crippen LogP contribution in [0.3, 0.4) is 0 Å². The molecular weight excluding hydrogens is 310 g/mol. The molecule has 1 aromatic heterocycles. The number of amides is 2. The molecule has 1 aliphatic heterocycles. The lowest BCUT2D eigenvalue weighted by atomic mass is 9.96. The van der Waals surface area contributed by atoms with Crippen molar-refractivity contribution in [2.24, 2.45) is 5.41 Å². The van der Waals surface area contributed by atoms with E-state index < -0.39 is 0 Å². The van der Waals surface area contributed by atoms with Gasteiger partial charge in [-0.25, -0.2) is 0 Å². The molecule has 0 aliphatic carbocycles. The largest absolute Gasteiger partial charge is 0.481 e. The number of nitrogens with one attached hydrogen (secondary N) is 1. The third kappa shape index (κ3) is 4.37. The SMILES string of the molecule is COc1ccc(C(=O)NC2CC(=O)N(CC(C)(C)C)C2)c(OC)n1. The molecular formula is C17H25N3O4. The fourth-order valence-corrected chi connectivity index (χ4v) is 2.72. The van der Waals surface area contributed by atoms with Gasteiger partial charge in [-0.05, 0) is 11.5 Å². The van der Waals surface area contributed by atoms with Crippen LogP contribution in [0.2, 0.25) is 0 Å². The van der Waals surface area contributed by atoms with Crippen LogP contribution >= 0.6 is 0 Å². The number of rotatable bonds is 5. The van der Waals surface area contributed by atoms with Gasteiger partial charge in [0.15, 0.2) is 0 Å². The summed E-state index contributed by atoms with van der Waals surface area (Å²) in [4.78, 5) is 30.5. The third-order valence-corrected chi connectivity index (χ3v) is 3.70. The molecule has 1 aliphatic rings. The minimum absolute atomic E-state index is 0.0255. The van der Waals surface area contributed by atoms with Crippen molar-refractivity contribution >= 4 is 11.8 Å². The monoisotopic (exact) mass is 335 g/mol. The summed E-state index contributed by atoms with van der Waals surface area (Å²) in [6.07, 6.45) is 0.313. The number of nitrogens with zero attached hydrogens (tertiary/aromatic N) is 2. The molecule has 1 aromatic rings. The van der Waals surface area contributed by atoms with E-state index in [2.05, 4.69) is 31.1 Å². The average molecular weight is 335 g/mol. The van der Waals surface area contributed by atoms with Gasteiger partial charge in [-0.2, -0.15) is 4.98 Å². The van der Waals surface area contributed by atoms with E-state index >= 15 is 0 Å². The fraction of sp³-hybridized carbons (Fsp3) is 0.588. The average Bonchev–Trinajstić information content (AvgIpc) is 2.83. The van der Waals surface area contributed by atoms with Crippen LogP contribution < -0.4 is 14.8 Å². The van der Waals surface area contributed by atoms with Crippen molar-refractivity contribution in [1.82, 2.24) is 15.2 Å². The molecule has 1 saturated heterocycles. The van der Waals surface area contributed by atoms with Gasteiger partial charge in [0, 0.05) is 25.6 Å². The second-order valence-electron chi connectivity index (χ2n) is 7.12. The van der Waals surface area contributed by atoms with Crippen LogP contribution in [0.1, 0.15) is 37.6 Å². The number of aromatic nitrogens is 1. The molecule has 0 bridgehead atoms. The number of ether oxygens (including phenoxy) is 2. The molecule has 2 amide bonds. The fourth-order valence-electron chi connectivity index (χ4n) is 2.72. The maximum Gasteiger partial charge on any atom is 0.257 e. The summed E-state index contributed by atoms with van der Waals surface area (Å²) in [7, 11) is 2.94. The van der Waals surface area contributed by atoms with Crippen molar-refractivity contribution in [1.29, 1.82) is 0 Å². The Balaban J connectivity index is 2.04. The third-order valence-electron chi connectivity index (χ3n) is 3.70. The summed E-state index contributed by atoms with van der Waals surface area (Å²) < 4.78 is 10.2. The first kappa shape index (κ1) is 18.0. The topological polar surface area (TPSA) is 80.8 Å². The van der Waals surface area contributed by atoms with Gasteiger partial charge in [-0.3, -0.25) is 9.59 Å². The zero-order chi connectivity index (χ0) is 17.9. The highest BCUT2D eigenvalue weighted by molar-refractivity contribution is 5.97. The minimum atomic E-state index is -0.308. The number of carbonyl (C=O) groups excluding carboxylic acids is 2. The van der Waals surface area contributed by atoms with Gasteiger partial charge in [-0.15, -0.1) is 0 Å². The van der Waals surface area contributed by atoms with E-state index in [1.165, 1.54) is 14.2 Å². The number of methoxy groups -OCH3 is 2.